The highest BCUT2D eigenvalue weighted by Gasteiger charge is 2.39. The van der Waals surface area contributed by atoms with Gasteiger partial charge in [-0.1, -0.05) is 36.4 Å². The molecule has 0 unspecified atom stereocenters. The second-order valence-corrected chi connectivity index (χ2v) is 8.02. The number of hydrogen-bond acceptors (Lipinski definition) is 3. The van der Waals surface area contributed by atoms with Crippen LogP contribution in [0, 0.1) is 11.9 Å². The highest BCUT2D eigenvalue weighted by Crippen LogP contribution is 2.35. The van der Waals surface area contributed by atoms with Crippen LogP contribution in [-0.2, 0) is 0 Å². The fraction of sp³-hybridized carbons (Fsp3) is 0.292. The Morgan fingerprint density at radius 3 is 2.07 bits per heavy atom. The lowest BCUT2D eigenvalue weighted by atomic mass is 10.0. The normalized spacial score (nSPS) is 21.9. The molecule has 3 nitrogen and oxygen atoms in total. The quantitative estimate of drug-likeness (QED) is 0.621. The summed E-state index contributed by atoms with van der Waals surface area (Å²) in [7, 11) is 2.23. The monoisotopic (exact) mass is 373 g/mol. The van der Waals surface area contributed by atoms with Gasteiger partial charge in [-0.2, -0.15) is 4.39 Å². The van der Waals surface area contributed by atoms with Crippen molar-refractivity contribution in [3.05, 3.63) is 72.8 Å². The summed E-state index contributed by atoms with van der Waals surface area (Å²) >= 11 is 0. The van der Waals surface area contributed by atoms with Gasteiger partial charge >= 0.3 is 0 Å². The number of rotatable bonds is 3. The fourth-order valence-electron chi connectivity index (χ4n) is 4.74. The Labute approximate surface area is 165 Å². The highest BCUT2D eigenvalue weighted by atomic mass is 19.1. The lowest BCUT2D eigenvalue weighted by Gasteiger charge is -2.26. The predicted molar refractivity (Wildman–Crippen MR) is 112 cm³/mol. The van der Waals surface area contributed by atoms with Gasteiger partial charge in [-0.15, -0.1) is 0 Å². The highest BCUT2D eigenvalue weighted by molar-refractivity contribution is 5.71. The third-order valence-corrected chi connectivity index (χ3v) is 6.21. The van der Waals surface area contributed by atoms with Gasteiger partial charge in [0.05, 0.1) is 0 Å². The molecule has 0 N–H and O–H groups in total. The number of pyridine rings is 1. The van der Waals surface area contributed by atoms with Crippen LogP contribution in [0.5, 0.6) is 0 Å². The van der Waals surface area contributed by atoms with Gasteiger partial charge in [-0.25, -0.2) is 4.98 Å². The standard InChI is InChI=1S/C24H24FN3/c1-27-15-21-12-13-28(23(21)16-27)22-9-6-18(7-10-22)17-2-4-19(5-3-17)20-8-11-24(25)26-14-20/h2-11,14,21,23H,12-13,15-16H2,1H3/t21-,23+/m1/s1. The number of likely N-dealkylation sites (N-methyl/N-ethyl adjacent to an activating group) is 1. The Kier molecular flexibility index (Phi) is 4.36. The Balaban J connectivity index is 1.34. The molecule has 4 heteroatoms. The molecule has 2 saturated heterocycles. The summed E-state index contributed by atoms with van der Waals surface area (Å²) in [6.45, 7) is 3.57. The van der Waals surface area contributed by atoms with Crippen molar-refractivity contribution >= 4 is 5.69 Å². The molecule has 3 heterocycles. The number of fused-ring (bicyclic) bond motifs is 1. The minimum Gasteiger partial charge on any atom is -0.367 e. The molecule has 2 aliphatic rings. The minimum absolute atomic E-state index is 0.450. The van der Waals surface area contributed by atoms with Crippen LogP contribution in [0.15, 0.2) is 66.9 Å². The van der Waals surface area contributed by atoms with Crippen LogP contribution in [0.2, 0.25) is 0 Å². The Hall–Kier alpha value is -2.72. The lowest BCUT2D eigenvalue weighted by Crippen LogP contribution is -2.34. The number of likely N-dealkylation sites (tertiary alicyclic amines) is 1. The second kappa shape index (κ2) is 7.02. The van der Waals surface area contributed by atoms with Gasteiger partial charge in [0.15, 0.2) is 0 Å². The van der Waals surface area contributed by atoms with Crippen molar-refractivity contribution in [1.29, 1.82) is 0 Å². The summed E-state index contributed by atoms with van der Waals surface area (Å²) in [4.78, 5) is 8.78. The van der Waals surface area contributed by atoms with Crippen molar-refractivity contribution in [1.82, 2.24) is 9.88 Å². The van der Waals surface area contributed by atoms with Gasteiger partial charge in [0, 0.05) is 43.1 Å². The van der Waals surface area contributed by atoms with Gasteiger partial charge in [0.2, 0.25) is 5.95 Å². The molecule has 2 aliphatic heterocycles. The predicted octanol–water partition coefficient (Wildman–Crippen LogP) is 4.70. The smallest absolute Gasteiger partial charge is 0.212 e. The number of benzene rings is 2. The molecular weight excluding hydrogens is 349 g/mol. The zero-order valence-corrected chi connectivity index (χ0v) is 16.1. The van der Waals surface area contributed by atoms with E-state index in [-0.39, 0.29) is 0 Å². The number of nitrogens with zero attached hydrogens (tertiary/aromatic N) is 3. The third kappa shape index (κ3) is 3.18. The maximum Gasteiger partial charge on any atom is 0.212 e. The molecule has 2 atom stereocenters. The van der Waals surface area contributed by atoms with Crippen LogP contribution in [0.3, 0.4) is 0 Å². The summed E-state index contributed by atoms with van der Waals surface area (Å²) in [5, 5.41) is 0. The molecule has 2 aromatic carbocycles. The van der Waals surface area contributed by atoms with Crippen LogP contribution in [0.1, 0.15) is 6.42 Å². The van der Waals surface area contributed by atoms with E-state index in [1.54, 1.807) is 12.3 Å². The number of halogens is 1. The number of anilines is 1. The fourth-order valence-corrected chi connectivity index (χ4v) is 4.74. The van der Waals surface area contributed by atoms with E-state index in [2.05, 4.69) is 70.4 Å². The summed E-state index contributed by atoms with van der Waals surface area (Å²) in [5.41, 5.74) is 5.70. The summed E-state index contributed by atoms with van der Waals surface area (Å²) in [6.07, 6.45) is 2.87. The van der Waals surface area contributed by atoms with Gasteiger partial charge in [-0.3, -0.25) is 0 Å². The van der Waals surface area contributed by atoms with Gasteiger partial charge in [-0.05, 0) is 60.3 Å². The van der Waals surface area contributed by atoms with Crippen molar-refractivity contribution in [2.24, 2.45) is 5.92 Å². The molecule has 142 valence electrons. The molecule has 0 bridgehead atoms. The number of aromatic nitrogens is 1. The van der Waals surface area contributed by atoms with Crippen molar-refractivity contribution in [3.63, 3.8) is 0 Å². The number of hydrogen-bond donors (Lipinski definition) is 0. The van der Waals surface area contributed by atoms with Crippen LogP contribution < -0.4 is 4.90 Å². The molecule has 1 aromatic heterocycles. The van der Waals surface area contributed by atoms with Gasteiger partial charge in [0.25, 0.3) is 0 Å². The van der Waals surface area contributed by atoms with E-state index in [4.69, 9.17) is 0 Å². The van der Waals surface area contributed by atoms with Gasteiger partial charge < -0.3 is 9.80 Å². The first kappa shape index (κ1) is 17.4. The average molecular weight is 373 g/mol. The Morgan fingerprint density at radius 2 is 1.43 bits per heavy atom. The van der Waals surface area contributed by atoms with Crippen LogP contribution in [-0.4, -0.2) is 42.6 Å². The summed E-state index contributed by atoms with van der Waals surface area (Å²) in [6, 6.07) is 21.1. The van der Waals surface area contributed by atoms with Gasteiger partial charge in [0.1, 0.15) is 0 Å². The Morgan fingerprint density at radius 1 is 0.821 bits per heavy atom. The topological polar surface area (TPSA) is 19.4 Å². The van der Waals surface area contributed by atoms with E-state index in [9.17, 15) is 4.39 Å². The van der Waals surface area contributed by atoms with Crippen molar-refractivity contribution in [2.45, 2.75) is 12.5 Å². The largest absolute Gasteiger partial charge is 0.367 e. The molecule has 3 aromatic rings. The molecule has 2 fully saturated rings. The molecule has 0 spiro atoms. The molecule has 5 rings (SSSR count). The molecule has 0 saturated carbocycles. The van der Waals surface area contributed by atoms with E-state index < -0.39 is 5.95 Å². The Bertz CT molecular complexity index is 951. The van der Waals surface area contributed by atoms with E-state index in [0.717, 1.165) is 17.0 Å². The van der Waals surface area contributed by atoms with E-state index >= 15 is 0 Å². The summed E-state index contributed by atoms with van der Waals surface area (Å²) in [5.74, 6) is 0.368. The van der Waals surface area contributed by atoms with Crippen LogP contribution >= 0.6 is 0 Å². The first-order valence-electron chi connectivity index (χ1n) is 9.95. The third-order valence-electron chi connectivity index (χ3n) is 6.21. The SMILES string of the molecule is CN1C[C@H]2CCN(c3ccc(-c4ccc(-c5ccc(F)nc5)cc4)cc3)[C@H]2C1. The van der Waals surface area contributed by atoms with Crippen molar-refractivity contribution < 1.29 is 4.39 Å². The minimum atomic E-state index is -0.450. The molecule has 28 heavy (non-hydrogen) atoms. The first-order chi connectivity index (χ1) is 13.7. The maximum atomic E-state index is 13.0. The molecule has 0 amide bonds. The average Bonchev–Trinajstić information content (AvgIpc) is 3.28. The van der Waals surface area contributed by atoms with Crippen molar-refractivity contribution in [2.75, 3.05) is 31.6 Å². The van der Waals surface area contributed by atoms with E-state index in [1.165, 1.54) is 48.9 Å². The molecule has 0 aliphatic carbocycles. The summed E-state index contributed by atoms with van der Waals surface area (Å²) < 4.78 is 13.0. The van der Waals surface area contributed by atoms with E-state index in [0.29, 0.717) is 6.04 Å². The first-order valence-corrected chi connectivity index (χ1v) is 9.95. The lowest BCUT2D eigenvalue weighted by molar-refractivity contribution is 0.386. The maximum absolute atomic E-state index is 13.0. The van der Waals surface area contributed by atoms with Crippen LogP contribution in [0.4, 0.5) is 10.1 Å². The zero-order valence-electron chi connectivity index (χ0n) is 16.1. The molecular formula is C24H24FN3. The molecule has 0 radical (unpaired) electrons. The second-order valence-electron chi connectivity index (χ2n) is 8.02. The zero-order chi connectivity index (χ0) is 19.1. The van der Waals surface area contributed by atoms with Crippen LogP contribution in [0.25, 0.3) is 22.3 Å². The van der Waals surface area contributed by atoms with Crippen molar-refractivity contribution in [3.8, 4) is 22.3 Å². The van der Waals surface area contributed by atoms with E-state index in [1.807, 2.05) is 0 Å².